The zero-order valence-corrected chi connectivity index (χ0v) is 14.2. The van der Waals surface area contributed by atoms with Gasteiger partial charge >= 0.3 is 0 Å². The highest BCUT2D eigenvalue weighted by atomic mass is 16.5. The predicted molar refractivity (Wildman–Crippen MR) is 98.2 cm³/mol. The highest BCUT2D eigenvalue weighted by Gasteiger charge is 2.35. The van der Waals surface area contributed by atoms with E-state index >= 15 is 0 Å². The third-order valence-electron chi connectivity index (χ3n) is 4.51. The number of imidazole rings is 1. The van der Waals surface area contributed by atoms with E-state index in [2.05, 4.69) is 15.3 Å². The number of amides is 2. The molecular formula is C19H18N4O3. The maximum absolute atomic E-state index is 12.5. The van der Waals surface area contributed by atoms with Gasteiger partial charge in [0.05, 0.1) is 24.1 Å². The zero-order valence-electron chi connectivity index (χ0n) is 14.2. The molecule has 0 bridgehead atoms. The van der Waals surface area contributed by atoms with Gasteiger partial charge in [-0.3, -0.25) is 14.9 Å². The monoisotopic (exact) mass is 350 g/mol. The first-order valence-electron chi connectivity index (χ1n) is 8.34. The van der Waals surface area contributed by atoms with Gasteiger partial charge in [0.1, 0.15) is 5.75 Å². The summed E-state index contributed by atoms with van der Waals surface area (Å²) in [5.74, 6) is 0.414. The summed E-state index contributed by atoms with van der Waals surface area (Å²) >= 11 is 0. The Morgan fingerprint density at radius 2 is 2.00 bits per heavy atom. The second-order valence-electron chi connectivity index (χ2n) is 6.20. The van der Waals surface area contributed by atoms with Crippen LogP contribution in [0.15, 0.2) is 48.5 Å². The van der Waals surface area contributed by atoms with Crippen LogP contribution in [0.3, 0.4) is 0 Å². The average Bonchev–Trinajstić information content (AvgIpc) is 3.24. The number of nitrogens with zero attached hydrogens (tertiary/aromatic N) is 2. The Hall–Kier alpha value is -3.35. The lowest BCUT2D eigenvalue weighted by Crippen LogP contribution is -2.28. The van der Waals surface area contributed by atoms with Crippen molar-refractivity contribution in [2.24, 2.45) is 5.92 Å². The van der Waals surface area contributed by atoms with Crippen molar-refractivity contribution in [1.82, 2.24) is 9.97 Å². The number of benzene rings is 2. The molecule has 1 fully saturated rings. The van der Waals surface area contributed by atoms with E-state index in [1.165, 1.54) is 0 Å². The lowest BCUT2D eigenvalue weighted by Gasteiger charge is -2.16. The number of carbonyl (C=O) groups is 2. The van der Waals surface area contributed by atoms with Gasteiger partial charge in [-0.15, -0.1) is 0 Å². The van der Waals surface area contributed by atoms with E-state index in [0.29, 0.717) is 12.5 Å². The molecule has 0 aliphatic carbocycles. The number of aromatic nitrogens is 2. The van der Waals surface area contributed by atoms with Crippen LogP contribution >= 0.6 is 0 Å². The first-order chi connectivity index (χ1) is 12.6. The number of para-hydroxylation sites is 2. The fraction of sp³-hybridized carbons (Fsp3) is 0.211. The van der Waals surface area contributed by atoms with Crippen LogP contribution < -0.4 is 15.0 Å². The number of H-pyrrole nitrogens is 1. The van der Waals surface area contributed by atoms with Gasteiger partial charge in [-0.1, -0.05) is 12.1 Å². The molecule has 2 N–H and O–H groups in total. The van der Waals surface area contributed by atoms with Crippen LogP contribution in [-0.2, 0) is 9.59 Å². The summed E-state index contributed by atoms with van der Waals surface area (Å²) in [5.41, 5.74) is 2.39. The third-order valence-corrected chi connectivity index (χ3v) is 4.51. The summed E-state index contributed by atoms with van der Waals surface area (Å²) in [6, 6.07) is 14.8. The van der Waals surface area contributed by atoms with Crippen molar-refractivity contribution in [3.05, 3.63) is 48.5 Å². The summed E-state index contributed by atoms with van der Waals surface area (Å²) in [5, 5.41) is 2.78. The Kier molecular flexibility index (Phi) is 4.04. The topological polar surface area (TPSA) is 87.3 Å². The van der Waals surface area contributed by atoms with Gasteiger partial charge in [-0.05, 0) is 36.4 Å². The molecule has 132 valence electrons. The largest absolute Gasteiger partial charge is 0.497 e. The predicted octanol–water partition coefficient (Wildman–Crippen LogP) is 2.56. The Labute approximate surface area is 150 Å². The van der Waals surface area contributed by atoms with Crippen molar-refractivity contribution >= 4 is 34.5 Å². The maximum Gasteiger partial charge on any atom is 0.232 e. The Balaban J connectivity index is 1.46. The molecule has 7 heteroatoms. The summed E-state index contributed by atoms with van der Waals surface area (Å²) in [6.45, 7) is 0.344. The Bertz CT molecular complexity index is 931. The Morgan fingerprint density at radius 3 is 2.73 bits per heavy atom. The molecule has 1 aliphatic rings. The van der Waals surface area contributed by atoms with Crippen molar-refractivity contribution in [2.75, 3.05) is 23.9 Å². The second-order valence-corrected chi connectivity index (χ2v) is 6.20. The molecule has 3 aromatic rings. The molecule has 0 spiro atoms. The summed E-state index contributed by atoms with van der Waals surface area (Å²) in [7, 11) is 1.59. The zero-order chi connectivity index (χ0) is 18.1. The van der Waals surface area contributed by atoms with Gasteiger partial charge in [0.2, 0.25) is 17.8 Å². The van der Waals surface area contributed by atoms with E-state index < -0.39 is 5.92 Å². The van der Waals surface area contributed by atoms with Crippen molar-refractivity contribution < 1.29 is 14.3 Å². The molecule has 1 aromatic heterocycles. The normalized spacial score (nSPS) is 16.9. The van der Waals surface area contributed by atoms with Crippen LogP contribution in [0.1, 0.15) is 6.42 Å². The molecular weight excluding hydrogens is 332 g/mol. The second kappa shape index (κ2) is 6.51. The minimum atomic E-state index is -0.419. The number of carbonyl (C=O) groups excluding carboxylic acids is 2. The van der Waals surface area contributed by atoms with Crippen LogP contribution in [0.2, 0.25) is 0 Å². The standard InChI is InChI=1S/C19H18N4O3/c1-26-14-8-6-13(7-9-14)23-11-12(10-17(23)24)18(25)22-19-20-15-4-2-3-5-16(15)21-19/h2-9,12H,10-11H2,1H3,(H2,20,21,22,25). The van der Waals surface area contributed by atoms with Gasteiger partial charge in [0, 0.05) is 18.7 Å². The number of nitrogens with one attached hydrogen (secondary N) is 2. The van der Waals surface area contributed by atoms with Crippen LogP contribution in [0.25, 0.3) is 11.0 Å². The van der Waals surface area contributed by atoms with Crippen molar-refractivity contribution in [2.45, 2.75) is 6.42 Å². The fourth-order valence-electron chi connectivity index (χ4n) is 3.13. The van der Waals surface area contributed by atoms with Crippen LogP contribution in [-0.4, -0.2) is 35.4 Å². The number of fused-ring (bicyclic) bond motifs is 1. The molecule has 1 atom stereocenters. The number of hydrogen-bond donors (Lipinski definition) is 2. The average molecular weight is 350 g/mol. The maximum atomic E-state index is 12.5. The smallest absolute Gasteiger partial charge is 0.232 e. The molecule has 26 heavy (non-hydrogen) atoms. The number of ether oxygens (including phenoxy) is 1. The molecule has 1 saturated heterocycles. The lowest BCUT2D eigenvalue weighted by molar-refractivity contribution is -0.122. The quantitative estimate of drug-likeness (QED) is 0.757. The molecule has 2 heterocycles. The summed E-state index contributed by atoms with van der Waals surface area (Å²) in [4.78, 5) is 33.9. The summed E-state index contributed by atoms with van der Waals surface area (Å²) in [6.07, 6.45) is 0.179. The first kappa shape index (κ1) is 16.1. The third kappa shape index (κ3) is 2.99. The fourth-order valence-corrected chi connectivity index (χ4v) is 3.13. The number of anilines is 2. The van der Waals surface area contributed by atoms with E-state index in [0.717, 1.165) is 22.5 Å². The molecule has 0 saturated carbocycles. The van der Waals surface area contributed by atoms with Crippen molar-refractivity contribution in [1.29, 1.82) is 0 Å². The molecule has 1 unspecified atom stereocenters. The highest BCUT2D eigenvalue weighted by molar-refractivity contribution is 6.03. The van der Waals surface area contributed by atoms with Gasteiger partial charge < -0.3 is 14.6 Å². The number of hydrogen-bond acceptors (Lipinski definition) is 4. The van der Waals surface area contributed by atoms with Crippen LogP contribution in [0.4, 0.5) is 11.6 Å². The molecule has 4 rings (SSSR count). The van der Waals surface area contributed by atoms with Gasteiger partial charge in [0.25, 0.3) is 0 Å². The Morgan fingerprint density at radius 1 is 1.23 bits per heavy atom. The number of rotatable bonds is 4. The minimum Gasteiger partial charge on any atom is -0.497 e. The van der Waals surface area contributed by atoms with Gasteiger partial charge in [-0.25, -0.2) is 4.98 Å². The first-order valence-corrected chi connectivity index (χ1v) is 8.34. The molecule has 0 radical (unpaired) electrons. The van der Waals surface area contributed by atoms with E-state index in [-0.39, 0.29) is 18.2 Å². The number of aromatic amines is 1. The molecule has 1 aliphatic heterocycles. The SMILES string of the molecule is COc1ccc(N2CC(C(=O)Nc3nc4ccccc4[nH]3)CC2=O)cc1. The molecule has 7 nitrogen and oxygen atoms in total. The van der Waals surface area contributed by atoms with Crippen LogP contribution in [0, 0.1) is 5.92 Å². The van der Waals surface area contributed by atoms with Crippen LogP contribution in [0.5, 0.6) is 5.75 Å². The molecule has 2 aromatic carbocycles. The van der Waals surface area contributed by atoms with E-state index in [4.69, 9.17) is 4.74 Å². The lowest BCUT2D eigenvalue weighted by atomic mass is 10.1. The van der Waals surface area contributed by atoms with Crippen molar-refractivity contribution in [3.8, 4) is 5.75 Å². The van der Waals surface area contributed by atoms with Gasteiger partial charge in [-0.2, -0.15) is 0 Å². The number of methoxy groups -OCH3 is 1. The van der Waals surface area contributed by atoms with E-state index in [9.17, 15) is 9.59 Å². The minimum absolute atomic E-state index is 0.0695. The van der Waals surface area contributed by atoms with E-state index in [1.807, 2.05) is 36.4 Å². The summed E-state index contributed by atoms with van der Waals surface area (Å²) < 4.78 is 5.13. The molecule has 2 amide bonds. The highest BCUT2D eigenvalue weighted by Crippen LogP contribution is 2.27. The van der Waals surface area contributed by atoms with E-state index in [1.54, 1.807) is 24.1 Å². The van der Waals surface area contributed by atoms with Crippen molar-refractivity contribution in [3.63, 3.8) is 0 Å². The van der Waals surface area contributed by atoms with Gasteiger partial charge in [0.15, 0.2) is 0 Å².